The minimum absolute atomic E-state index is 0.188. The molecule has 94 valence electrons. The van der Waals surface area contributed by atoms with Crippen molar-refractivity contribution in [1.82, 2.24) is 0 Å². The van der Waals surface area contributed by atoms with Gasteiger partial charge in [0.2, 0.25) is 0 Å². The molecular weight excluding hydrogens is 222 g/mol. The highest BCUT2D eigenvalue weighted by molar-refractivity contribution is 5.70. The molecule has 0 heterocycles. The topological polar surface area (TPSA) is 35.2 Å². The van der Waals surface area contributed by atoms with Crippen LogP contribution in [-0.2, 0) is 0 Å². The number of benzene rings is 2. The van der Waals surface area contributed by atoms with E-state index in [1.54, 1.807) is 0 Å². The van der Waals surface area contributed by atoms with Gasteiger partial charge in [0.15, 0.2) is 0 Å². The van der Waals surface area contributed by atoms with Crippen molar-refractivity contribution in [2.45, 2.75) is 26.9 Å². The second-order valence-electron chi connectivity index (χ2n) is 4.77. The third-order valence-corrected chi connectivity index (χ3v) is 2.77. The first-order chi connectivity index (χ1) is 8.56. The van der Waals surface area contributed by atoms with Gasteiger partial charge in [-0.1, -0.05) is 18.2 Å². The van der Waals surface area contributed by atoms with Crippen molar-refractivity contribution >= 4 is 5.69 Å². The maximum Gasteiger partial charge on any atom is 0.120 e. The normalized spacial score (nSPS) is 10.7. The summed E-state index contributed by atoms with van der Waals surface area (Å²) in [5.41, 5.74) is 10.1. The molecule has 2 heteroatoms. The van der Waals surface area contributed by atoms with Gasteiger partial charge in [-0.2, -0.15) is 0 Å². The molecule has 0 atom stereocenters. The fourth-order valence-electron chi connectivity index (χ4n) is 2.02. The first-order valence-electron chi connectivity index (χ1n) is 6.19. The van der Waals surface area contributed by atoms with Crippen molar-refractivity contribution in [3.8, 4) is 16.9 Å². The van der Waals surface area contributed by atoms with Crippen LogP contribution in [0.1, 0.15) is 19.4 Å². The molecule has 2 nitrogen and oxygen atoms in total. The van der Waals surface area contributed by atoms with Gasteiger partial charge in [0.25, 0.3) is 0 Å². The zero-order chi connectivity index (χ0) is 13.1. The van der Waals surface area contributed by atoms with Crippen molar-refractivity contribution < 1.29 is 4.74 Å². The molecule has 0 saturated heterocycles. The summed E-state index contributed by atoms with van der Waals surface area (Å²) in [6, 6.07) is 14.1. The molecule has 2 aromatic carbocycles. The highest BCUT2D eigenvalue weighted by Gasteiger charge is 2.04. The molecule has 2 aromatic rings. The first kappa shape index (κ1) is 12.5. The Bertz CT molecular complexity index is 547. The van der Waals surface area contributed by atoms with Crippen LogP contribution in [0, 0.1) is 6.92 Å². The summed E-state index contributed by atoms with van der Waals surface area (Å²) in [7, 11) is 0. The molecule has 0 unspecified atom stereocenters. The largest absolute Gasteiger partial charge is 0.491 e. The van der Waals surface area contributed by atoms with Crippen LogP contribution in [0.15, 0.2) is 42.5 Å². The summed E-state index contributed by atoms with van der Waals surface area (Å²) in [6.07, 6.45) is 0.188. The van der Waals surface area contributed by atoms with Crippen LogP contribution in [0.2, 0.25) is 0 Å². The second kappa shape index (κ2) is 5.13. The molecule has 0 aliphatic rings. The lowest BCUT2D eigenvalue weighted by molar-refractivity contribution is 0.242. The van der Waals surface area contributed by atoms with Crippen molar-refractivity contribution in [2.24, 2.45) is 0 Å². The highest BCUT2D eigenvalue weighted by Crippen LogP contribution is 2.28. The number of rotatable bonds is 3. The lowest BCUT2D eigenvalue weighted by atomic mass is 10.00. The summed E-state index contributed by atoms with van der Waals surface area (Å²) in [4.78, 5) is 0. The van der Waals surface area contributed by atoms with E-state index in [4.69, 9.17) is 10.5 Å². The monoisotopic (exact) mass is 241 g/mol. The molecule has 0 radical (unpaired) electrons. The van der Waals surface area contributed by atoms with Crippen LogP contribution in [0.25, 0.3) is 11.1 Å². The molecule has 2 N–H and O–H groups in total. The maximum absolute atomic E-state index is 5.78. The standard InChI is InChI=1S/C16H19NO/c1-11(2)18-15-6-4-5-13(10-15)16-8-7-14(17)9-12(16)3/h4-11H,17H2,1-3H3. The van der Waals surface area contributed by atoms with Gasteiger partial charge in [-0.15, -0.1) is 0 Å². The van der Waals surface area contributed by atoms with Gasteiger partial charge < -0.3 is 10.5 Å². The van der Waals surface area contributed by atoms with E-state index in [9.17, 15) is 0 Å². The number of hydrogen-bond donors (Lipinski definition) is 1. The summed E-state index contributed by atoms with van der Waals surface area (Å²) < 4.78 is 5.72. The van der Waals surface area contributed by atoms with Crippen LogP contribution in [0.5, 0.6) is 5.75 Å². The molecular formula is C16H19NO. The van der Waals surface area contributed by atoms with Gasteiger partial charge in [0, 0.05) is 5.69 Å². The molecule has 0 aromatic heterocycles. The fourth-order valence-corrected chi connectivity index (χ4v) is 2.02. The summed E-state index contributed by atoms with van der Waals surface area (Å²) >= 11 is 0. The van der Waals surface area contributed by atoms with Crippen LogP contribution in [-0.4, -0.2) is 6.10 Å². The van der Waals surface area contributed by atoms with Gasteiger partial charge in [-0.3, -0.25) is 0 Å². The van der Waals surface area contributed by atoms with Gasteiger partial charge >= 0.3 is 0 Å². The van der Waals surface area contributed by atoms with E-state index in [1.165, 1.54) is 11.1 Å². The smallest absolute Gasteiger partial charge is 0.120 e. The minimum atomic E-state index is 0.188. The van der Waals surface area contributed by atoms with E-state index in [0.717, 1.165) is 17.0 Å². The lowest BCUT2D eigenvalue weighted by Gasteiger charge is -2.12. The molecule has 0 bridgehead atoms. The van der Waals surface area contributed by atoms with Gasteiger partial charge in [0.1, 0.15) is 5.75 Å². The van der Waals surface area contributed by atoms with Crippen LogP contribution >= 0.6 is 0 Å². The molecule has 0 aliphatic carbocycles. The van der Waals surface area contributed by atoms with Crippen LogP contribution in [0.4, 0.5) is 5.69 Å². The molecule has 18 heavy (non-hydrogen) atoms. The summed E-state index contributed by atoms with van der Waals surface area (Å²) in [5.74, 6) is 0.902. The zero-order valence-electron chi connectivity index (χ0n) is 11.1. The Hall–Kier alpha value is -1.96. The van der Waals surface area contributed by atoms with E-state index in [0.29, 0.717) is 0 Å². The number of nitrogen functional groups attached to an aromatic ring is 1. The predicted molar refractivity (Wildman–Crippen MR) is 76.8 cm³/mol. The number of nitrogens with two attached hydrogens (primary N) is 1. The summed E-state index contributed by atoms with van der Waals surface area (Å²) in [5, 5.41) is 0. The number of anilines is 1. The van der Waals surface area contributed by atoms with Crippen molar-refractivity contribution in [1.29, 1.82) is 0 Å². The van der Waals surface area contributed by atoms with Crippen molar-refractivity contribution in [2.75, 3.05) is 5.73 Å². The third-order valence-electron chi connectivity index (χ3n) is 2.77. The van der Waals surface area contributed by atoms with Crippen LogP contribution in [0.3, 0.4) is 0 Å². The van der Waals surface area contributed by atoms with E-state index >= 15 is 0 Å². The lowest BCUT2D eigenvalue weighted by Crippen LogP contribution is -2.05. The summed E-state index contributed by atoms with van der Waals surface area (Å²) in [6.45, 7) is 6.13. The van der Waals surface area contributed by atoms with E-state index in [1.807, 2.05) is 38.1 Å². The Kier molecular flexibility index (Phi) is 3.56. The predicted octanol–water partition coefficient (Wildman–Crippen LogP) is 4.03. The Labute approximate surface area is 108 Å². The molecule has 0 aliphatic heterocycles. The van der Waals surface area contributed by atoms with Gasteiger partial charge in [-0.25, -0.2) is 0 Å². The molecule has 0 spiro atoms. The maximum atomic E-state index is 5.78. The Morgan fingerprint density at radius 3 is 2.50 bits per heavy atom. The fraction of sp³-hybridized carbons (Fsp3) is 0.250. The SMILES string of the molecule is Cc1cc(N)ccc1-c1cccc(OC(C)C)c1. The molecule has 0 saturated carbocycles. The average Bonchev–Trinajstić information content (AvgIpc) is 2.28. The third kappa shape index (κ3) is 2.83. The molecule has 0 amide bonds. The van der Waals surface area contributed by atoms with Crippen LogP contribution < -0.4 is 10.5 Å². The van der Waals surface area contributed by atoms with E-state index in [-0.39, 0.29) is 6.10 Å². The molecule has 0 fully saturated rings. The quantitative estimate of drug-likeness (QED) is 0.823. The Balaban J connectivity index is 2.38. The minimum Gasteiger partial charge on any atom is -0.491 e. The van der Waals surface area contributed by atoms with E-state index in [2.05, 4.69) is 25.1 Å². The van der Waals surface area contributed by atoms with Crippen molar-refractivity contribution in [3.63, 3.8) is 0 Å². The number of aryl methyl sites for hydroxylation is 1. The number of ether oxygens (including phenoxy) is 1. The zero-order valence-corrected chi connectivity index (χ0v) is 11.1. The average molecular weight is 241 g/mol. The van der Waals surface area contributed by atoms with Gasteiger partial charge in [0.05, 0.1) is 6.10 Å². The van der Waals surface area contributed by atoms with Gasteiger partial charge in [-0.05, 0) is 61.7 Å². The molecule has 2 rings (SSSR count). The Morgan fingerprint density at radius 2 is 1.83 bits per heavy atom. The second-order valence-corrected chi connectivity index (χ2v) is 4.77. The van der Waals surface area contributed by atoms with E-state index < -0.39 is 0 Å². The van der Waals surface area contributed by atoms with Crippen molar-refractivity contribution in [3.05, 3.63) is 48.0 Å². The number of hydrogen-bond acceptors (Lipinski definition) is 2. The first-order valence-corrected chi connectivity index (χ1v) is 6.19. The highest BCUT2D eigenvalue weighted by atomic mass is 16.5. The Morgan fingerprint density at radius 1 is 1.06 bits per heavy atom.